The van der Waals surface area contributed by atoms with Gasteiger partial charge in [-0.15, -0.1) is 0 Å². The van der Waals surface area contributed by atoms with Gasteiger partial charge in [0.2, 0.25) is 0 Å². The van der Waals surface area contributed by atoms with Crippen molar-refractivity contribution in [2.75, 3.05) is 6.54 Å². The van der Waals surface area contributed by atoms with Crippen LogP contribution in [0.1, 0.15) is 25.0 Å². The van der Waals surface area contributed by atoms with Crippen molar-refractivity contribution in [2.45, 2.75) is 32.5 Å². The molecule has 118 valence electrons. The average molecular weight is 308 g/mol. The second-order valence-corrected chi connectivity index (χ2v) is 6.68. The lowest BCUT2D eigenvalue weighted by Gasteiger charge is -2.29. The Morgan fingerprint density at radius 3 is 2.96 bits per heavy atom. The van der Waals surface area contributed by atoms with Crippen LogP contribution in [0, 0.1) is 0 Å². The Morgan fingerprint density at radius 2 is 2.04 bits per heavy atom. The van der Waals surface area contributed by atoms with E-state index in [2.05, 4.69) is 51.9 Å². The minimum atomic E-state index is -0.232. The molecule has 2 aromatic heterocycles. The zero-order valence-electron chi connectivity index (χ0n) is 13.4. The first-order valence-electron chi connectivity index (χ1n) is 7.87. The highest BCUT2D eigenvalue weighted by Crippen LogP contribution is 2.30. The second-order valence-electron chi connectivity index (χ2n) is 6.68. The van der Waals surface area contributed by atoms with Gasteiger partial charge in [-0.1, -0.05) is 18.2 Å². The second kappa shape index (κ2) is 5.35. The molecule has 0 saturated carbocycles. The van der Waals surface area contributed by atoms with Crippen LogP contribution in [0.25, 0.3) is 11.2 Å². The Balaban J connectivity index is 1.66. The number of aromatic amines is 1. The average Bonchev–Trinajstić information content (AvgIpc) is 2.85. The molecule has 5 heteroatoms. The predicted molar refractivity (Wildman–Crippen MR) is 89.2 cm³/mol. The van der Waals surface area contributed by atoms with Crippen molar-refractivity contribution in [3.8, 4) is 5.75 Å². The summed E-state index contributed by atoms with van der Waals surface area (Å²) in [5.41, 5.74) is 3.95. The molecule has 3 aromatic rings. The normalized spacial score (nSPS) is 17.5. The standard InChI is InChI=1S/C18H20N4O/c1-18(2)12-22(10-13-5-3-4-6-15(13)23-18)11-14-9-21-17-16(14)19-7-8-20-17/h3-9H,10-12H2,1-2H3,(H,20,21). The van der Waals surface area contributed by atoms with Crippen molar-refractivity contribution in [1.29, 1.82) is 0 Å². The van der Waals surface area contributed by atoms with Gasteiger partial charge >= 0.3 is 0 Å². The molecule has 3 heterocycles. The molecule has 23 heavy (non-hydrogen) atoms. The Kier molecular flexibility index (Phi) is 3.31. The van der Waals surface area contributed by atoms with Gasteiger partial charge < -0.3 is 9.72 Å². The molecule has 0 spiro atoms. The Hall–Kier alpha value is -2.40. The van der Waals surface area contributed by atoms with Crippen LogP contribution in [0.4, 0.5) is 0 Å². The summed E-state index contributed by atoms with van der Waals surface area (Å²) in [4.78, 5) is 14.4. The maximum atomic E-state index is 6.20. The molecule has 0 aliphatic carbocycles. The molecule has 1 aliphatic heterocycles. The topological polar surface area (TPSA) is 54.0 Å². The summed E-state index contributed by atoms with van der Waals surface area (Å²) in [7, 11) is 0. The van der Waals surface area contributed by atoms with E-state index >= 15 is 0 Å². The number of H-pyrrole nitrogens is 1. The maximum absolute atomic E-state index is 6.20. The van der Waals surface area contributed by atoms with Crippen molar-refractivity contribution in [2.24, 2.45) is 0 Å². The molecule has 0 bridgehead atoms. The van der Waals surface area contributed by atoms with E-state index in [1.165, 1.54) is 11.1 Å². The highest BCUT2D eigenvalue weighted by Gasteiger charge is 2.29. The summed E-state index contributed by atoms with van der Waals surface area (Å²) >= 11 is 0. The van der Waals surface area contributed by atoms with E-state index in [0.29, 0.717) is 0 Å². The summed E-state index contributed by atoms with van der Waals surface area (Å²) in [6.45, 7) is 6.81. The molecule has 0 amide bonds. The smallest absolute Gasteiger partial charge is 0.156 e. The summed E-state index contributed by atoms with van der Waals surface area (Å²) in [6, 6.07) is 8.28. The van der Waals surface area contributed by atoms with E-state index in [0.717, 1.165) is 36.5 Å². The van der Waals surface area contributed by atoms with E-state index in [-0.39, 0.29) is 5.60 Å². The molecule has 1 aliphatic rings. The van der Waals surface area contributed by atoms with Gasteiger partial charge in [0.05, 0.1) is 0 Å². The maximum Gasteiger partial charge on any atom is 0.156 e. The SMILES string of the molecule is CC1(C)CN(Cc2c[nH]c3nccnc23)Cc2ccccc2O1. The third-order valence-electron chi connectivity index (χ3n) is 4.14. The van der Waals surface area contributed by atoms with Gasteiger partial charge in [0.15, 0.2) is 5.65 Å². The minimum absolute atomic E-state index is 0.232. The van der Waals surface area contributed by atoms with Crippen LogP contribution in [0.5, 0.6) is 5.75 Å². The van der Waals surface area contributed by atoms with E-state index < -0.39 is 0 Å². The van der Waals surface area contributed by atoms with Gasteiger partial charge in [0.25, 0.3) is 0 Å². The Labute approximate surface area is 135 Å². The molecular weight excluding hydrogens is 288 g/mol. The highest BCUT2D eigenvalue weighted by atomic mass is 16.5. The van der Waals surface area contributed by atoms with Crippen LogP contribution in [0.15, 0.2) is 42.9 Å². The molecular formula is C18H20N4O. The number of hydrogen-bond donors (Lipinski definition) is 1. The lowest BCUT2D eigenvalue weighted by molar-refractivity contribution is 0.0684. The lowest BCUT2D eigenvalue weighted by Crippen LogP contribution is -2.40. The minimum Gasteiger partial charge on any atom is -0.486 e. The van der Waals surface area contributed by atoms with Crippen LogP contribution < -0.4 is 4.74 Å². The first-order chi connectivity index (χ1) is 11.1. The first-order valence-corrected chi connectivity index (χ1v) is 7.87. The highest BCUT2D eigenvalue weighted by molar-refractivity contribution is 5.74. The first kappa shape index (κ1) is 14.2. The zero-order valence-corrected chi connectivity index (χ0v) is 13.4. The van der Waals surface area contributed by atoms with Crippen LogP contribution in [0.3, 0.4) is 0 Å². The van der Waals surface area contributed by atoms with Crippen molar-refractivity contribution in [3.63, 3.8) is 0 Å². The molecule has 0 atom stereocenters. The number of fused-ring (bicyclic) bond motifs is 2. The molecule has 5 nitrogen and oxygen atoms in total. The fourth-order valence-electron chi connectivity index (χ4n) is 3.27. The van der Waals surface area contributed by atoms with Crippen LogP contribution >= 0.6 is 0 Å². The number of rotatable bonds is 2. The van der Waals surface area contributed by atoms with Crippen molar-refractivity contribution >= 4 is 11.2 Å². The molecule has 0 saturated heterocycles. The summed E-state index contributed by atoms with van der Waals surface area (Å²) in [6.07, 6.45) is 5.46. The van der Waals surface area contributed by atoms with Crippen LogP contribution in [-0.4, -0.2) is 32.0 Å². The third kappa shape index (κ3) is 2.80. The number of benzene rings is 1. The number of aromatic nitrogens is 3. The third-order valence-corrected chi connectivity index (χ3v) is 4.14. The largest absolute Gasteiger partial charge is 0.486 e. The van der Waals surface area contributed by atoms with Crippen molar-refractivity contribution in [1.82, 2.24) is 19.9 Å². The number of para-hydroxylation sites is 1. The van der Waals surface area contributed by atoms with Crippen molar-refractivity contribution < 1.29 is 4.74 Å². The van der Waals surface area contributed by atoms with Gasteiger partial charge in [0, 0.05) is 49.4 Å². The quantitative estimate of drug-likeness (QED) is 0.790. The Morgan fingerprint density at radius 1 is 1.22 bits per heavy atom. The van der Waals surface area contributed by atoms with Gasteiger partial charge in [-0.2, -0.15) is 0 Å². The number of nitrogens with one attached hydrogen (secondary N) is 1. The lowest BCUT2D eigenvalue weighted by atomic mass is 10.1. The Bertz CT molecular complexity index is 840. The summed E-state index contributed by atoms with van der Waals surface area (Å²) < 4.78 is 6.20. The van der Waals surface area contributed by atoms with E-state index in [4.69, 9.17) is 4.74 Å². The van der Waals surface area contributed by atoms with Crippen molar-refractivity contribution in [3.05, 3.63) is 54.0 Å². The van der Waals surface area contributed by atoms with Crippen LogP contribution in [-0.2, 0) is 13.1 Å². The molecule has 1 N–H and O–H groups in total. The van der Waals surface area contributed by atoms with Gasteiger partial charge in [0.1, 0.15) is 16.9 Å². The number of ether oxygens (including phenoxy) is 1. The fourth-order valence-corrected chi connectivity index (χ4v) is 3.27. The molecule has 1 aromatic carbocycles. The molecule has 0 radical (unpaired) electrons. The molecule has 4 rings (SSSR count). The predicted octanol–water partition coefficient (Wildman–Crippen LogP) is 3.13. The van der Waals surface area contributed by atoms with Gasteiger partial charge in [-0.25, -0.2) is 4.98 Å². The summed E-state index contributed by atoms with van der Waals surface area (Å²) in [5, 5.41) is 0. The van der Waals surface area contributed by atoms with E-state index in [9.17, 15) is 0 Å². The van der Waals surface area contributed by atoms with Gasteiger partial charge in [-0.3, -0.25) is 9.88 Å². The summed E-state index contributed by atoms with van der Waals surface area (Å²) in [5.74, 6) is 0.985. The zero-order chi connectivity index (χ0) is 15.9. The molecule has 0 unspecified atom stereocenters. The van der Waals surface area contributed by atoms with Crippen LogP contribution in [0.2, 0.25) is 0 Å². The van der Waals surface area contributed by atoms with Gasteiger partial charge in [-0.05, 0) is 19.9 Å². The number of hydrogen-bond acceptors (Lipinski definition) is 4. The van der Waals surface area contributed by atoms with E-state index in [1.807, 2.05) is 12.3 Å². The molecule has 0 fully saturated rings. The van der Waals surface area contributed by atoms with E-state index in [1.54, 1.807) is 12.4 Å². The fraction of sp³-hybridized carbons (Fsp3) is 0.333. The monoisotopic (exact) mass is 308 g/mol. The number of nitrogens with zero attached hydrogens (tertiary/aromatic N) is 3.